The highest BCUT2D eigenvalue weighted by Gasteiger charge is 2.39. The molecule has 1 saturated heterocycles. The van der Waals surface area contributed by atoms with Gasteiger partial charge in [-0.1, -0.05) is 37.1 Å². The standard InChI is InChI=1S/C27H35N3O3/c1-16-11-20(12-16)17(2)28-23-6-4-3-5-19(23)13-18-7-8-22-21(14-18)15-30(27(22)33)24-9-10-25(31)29-26(24)32/h7-8,14,17,19-20,23-24,28H,1,3-6,9-13,15H2,2H3,(H,29,31,32)/t17?,19-,23?,24?/m1/s1. The van der Waals surface area contributed by atoms with Gasteiger partial charge in [0.25, 0.3) is 5.91 Å². The number of carbonyl (C=O) groups is 3. The maximum absolute atomic E-state index is 13.0. The topological polar surface area (TPSA) is 78.5 Å². The Bertz CT molecular complexity index is 979. The molecule has 3 unspecified atom stereocenters. The van der Waals surface area contributed by atoms with Gasteiger partial charge in [-0.15, -0.1) is 0 Å². The molecule has 2 aliphatic carbocycles. The molecule has 5 rings (SSSR count). The van der Waals surface area contributed by atoms with Gasteiger partial charge in [0.15, 0.2) is 0 Å². The van der Waals surface area contributed by atoms with E-state index in [0.717, 1.165) is 30.7 Å². The molecule has 2 N–H and O–H groups in total. The molecule has 2 saturated carbocycles. The Balaban J connectivity index is 1.25. The van der Waals surface area contributed by atoms with Crippen LogP contribution >= 0.6 is 0 Å². The third-order valence-electron chi connectivity index (χ3n) is 8.28. The van der Waals surface area contributed by atoms with Crippen LogP contribution in [0.3, 0.4) is 0 Å². The predicted molar refractivity (Wildman–Crippen MR) is 126 cm³/mol. The van der Waals surface area contributed by atoms with Crippen molar-refractivity contribution in [2.45, 2.75) is 89.4 Å². The van der Waals surface area contributed by atoms with Crippen LogP contribution < -0.4 is 10.6 Å². The predicted octanol–water partition coefficient (Wildman–Crippen LogP) is 3.49. The molecule has 1 aromatic rings. The molecule has 0 aromatic heterocycles. The normalized spacial score (nSPS) is 29.0. The second-order valence-electron chi connectivity index (χ2n) is 10.6. The highest BCUT2D eigenvalue weighted by atomic mass is 16.2. The first-order valence-electron chi connectivity index (χ1n) is 12.6. The molecule has 4 atom stereocenters. The molecule has 1 aromatic carbocycles. The van der Waals surface area contributed by atoms with E-state index in [0.29, 0.717) is 36.5 Å². The molecule has 3 fully saturated rings. The highest BCUT2D eigenvalue weighted by Crippen LogP contribution is 2.36. The fourth-order valence-electron chi connectivity index (χ4n) is 6.24. The summed E-state index contributed by atoms with van der Waals surface area (Å²) in [7, 11) is 0. The molecule has 3 amide bonds. The Morgan fingerprint density at radius 2 is 1.94 bits per heavy atom. The third-order valence-corrected chi connectivity index (χ3v) is 8.28. The Hall–Kier alpha value is -2.47. The van der Waals surface area contributed by atoms with Crippen molar-refractivity contribution in [3.63, 3.8) is 0 Å². The zero-order valence-corrected chi connectivity index (χ0v) is 19.6. The van der Waals surface area contributed by atoms with Crippen molar-refractivity contribution in [2.75, 3.05) is 0 Å². The van der Waals surface area contributed by atoms with Crippen molar-refractivity contribution in [3.8, 4) is 0 Å². The van der Waals surface area contributed by atoms with Gasteiger partial charge >= 0.3 is 0 Å². The molecule has 2 heterocycles. The number of benzene rings is 1. The molecular formula is C27H35N3O3. The fourth-order valence-corrected chi connectivity index (χ4v) is 6.24. The Morgan fingerprint density at radius 1 is 1.15 bits per heavy atom. The monoisotopic (exact) mass is 449 g/mol. The summed E-state index contributed by atoms with van der Waals surface area (Å²) in [5, 5.41) is 6.33. The average Bonchev–Trinajstić information content (AvgIpc) is 3.08. The van der Waals surface area contributed by atoms with Crippen LogP contribution in [0.15, 0.2) is 30.4 Å². The maximum atomic E-state index is 13.0. The minimum Gasteiger partial charge on any atom is -0.322 e. The van der Waals surface area contributed by atoms with Gasteiger partial charge in [0.1, 0.15) is 6.04 Å². The number of piperidine rings is 1. The Morgan fingerprint density at radius 3 is 2.70 bits per heavy atom. The van der Waals surface area contributed by atoms with Crippen LogP contribution in [0.25, 0.3) is 0 Å². The number of imide groups is 1. The molecule has 33 heavy (non-hydrogen) atoms. The maximum Gasteiger partial charge on any atom is 0.255 e. The van der Waals surface area contributed by atoms with Crippen LogP contribution in [-0.4, -0.2) is 40.7 Å². The van der Waals surface area contributed by atoms with E-state index in [4.69, 9.17) is 0 Å². The average molecular weight is 450 g/mol. The first-order valence-corrected chi connectivity index (χ1v) is 12.6. The summed E-state index contributed by atoms with van der Waals surface area (Å²) < 4.78 is 0. The number of hydrogen-bond acceptors (Lipinski definition) is 4. The summed E-state index contributed by atoms with van der Waals surface area (Å²) in [6, 6.07) is 6.72. The zero-order chi connectivity index (χ0) is 23.1. The van der Waals surface area contributed by atoms with E-state index < -0.39 is 6.04 Å². The van der Waals surface area contributed by atoms with Gasteiger partial charge in [-0.2, -0.15) is 0 Å². The van der Waals surface area contributed by atoms with Crippen LogP contribution in [0.5, 0.6) is 0 Å². The lowest BCUT2D eigenvalue weighted by Gasteiger charge is -2.40. The lowest BCUT2D eigenvalue weighted by Crippen LogP contribution is -2.52. The molecule has 0 spiro atoms. The van der Waals surface area contributed by atoms with Gasteiger partial charge < -0.3 is 10.2 Å². The number of carbonyl (C=O) groups excluding carboxylic acids is 3. The number of nitrogens with one attached hydrogen (secondary N) is 2. The molecule has 6 nitrogen and oxygen atoms in total. The van der Waals surface area contributed by atoms with E-state index in [2.05, 4.69) is 36.3 Å². The molecule has 2 aliphatic heterocycles. The summed E-state index contributed by atoms with van der Waals surface area (Å²) >= 11 is 0. The van der Waals surface area contributed by atoms with E-state index in [9.17, 15) is 14.4 Å². The van der Waals surface area contributed by atoms with Crippen LogP contribution in [-0.2, 0) is 22.6 Å². The fraction of sp³-hybridized carbons (Fsp3) is 0.593. The van der Waals surface area contributed by atoms with Gasteiger partial charge in [0, 0.05) is 30.6 Å². The van der Waals surface area contributed by atoms with Crippen LogP contribution in [0.4, 0.5) is 0 Å². The van der Waals surface area contributed by atoms with Crippen LogP contribution in [0, 0.1) is 11.8 Å². The van der Waals surface area contributed by atoms with Crippen molar-refractivity contribution < 1.29 is 14.4 Å². The summed E-state index contributed by atoms with van der Waals surface area (Å²) in [6.45, 7) is 6.87. The number of fused-ring (bicyclic) bond motifs is 1. The van der Waals surface area contributed by atoms with Crippen molar-refractivity contribution in [3.05, 3.63) is 47.0 Å². The highest BCUT2D eigenvalue weighted by molar-refractivity contribution is 6.05. The summed E-state index contributed by atoms with van der Waals surface area (Å²) in [6.07, 6.45) is 9.06. The van der Waals surface area contributed by atoms with Crippen molar-refractivity contribution in [1.29, 1.82) is 0 Å². The van der Waals surface area contributed by atoms with Gasteiger partial charge in [0.05, 0.1) is 0 Å². The van der Waals surface area contributed by atoms with Gasteiger partial charge in [-0.25, -0.2) is 0 Å². The first kappa shape index (κ1) is 22.3. The lowest BCUT2D eigenvalue weighted by atomic mass is 9.75. The third kappa shape index (κ3) is 4.50. The smallest absolute Gasteiger partial charge is 0.255 e. The molecule has 6 heteroatoms. The Kier molecular flexibility index (Phi) is 6.12. The SMILES string of the molecule is C=C1CC(C(C)NC2CCCC[C@@H]2Cc2ccc3c(c2)CN(C2CCC(=O)NC2=O)C3=O)C1. The second kappa shape index (κ2) is 9.05. The second-order valence-corrected chi connectivity index (χ2v) is 10.6. The van der Waals surface area contributed by atoms with Gasteiger partial charge in [-0.05, 0) is 74.5 Å². The van der Waals surface area contributed by atoms with E-state index in [-0.39, 0.29) is 24.1 Å². The van der Waals surface area contributed by atoms with E-state index in [1.807, 2.05) is 6.07 Å². The quantitative estimate of drug-likeness (QED) is 0.515. The molecule has 0 radical (unpaired) electrons. The number of hydrogen-bond donors (Lipinski definition) is 2. The minimum atomic E-state index is -0.554. The summed E-state index contributed by atoms with van der Waals surface area (Å²) in [5.74, 6) is 0.622. The van der Waals surface area contributed by atoms with E-state index in [1.54, 1.807) is 4.90 Å². The minimum absolute atomic E-state index is 0.0980. The summed E-state index contributed by atoms with van der Waals surface area (Å²) in [5.41, 5.74) is 4.35. The largest absolute Gasteiger partial charge is 0.322 e. The van der Waals surface area contributed by atoms with Gasteiger partial charge in [0.2, 0.25) is 11.8 Å². The molecule has 4 aliphatic rings. The van der Waals surface area contributed by atoms with Crippen molar-refractivity contribution in [2.24, 2.45) is 11.8 Å². The number of allylic oxidation sites excluding steroid dienone is 1. The van der Waals surface area contributed by atoms with Crippen LogP contribution in [0.1, 0.15) is 79.8 Å². The van der Waals surface area contributed by atoms with Gasteiger partial charge in [-0.3, -0.25) is 19.7 Å². The lowest BCUT2D eigenvalue weighted by molar-refractivity contribution is -0.136. The van der Waals surface area contributed by atoms with E-state index >= 15 is 0 Å². The zero-order valence-electron chi connectivity index (χ0n) is 19.6. The molecule has 0 bridgehead atoms. The Labute approximate surface area is 196 Å². The summed E-state index contributed by atoms with van der Waals surface area (Å²) in [4.78, 5) is 38.4. The first-order chi connectivity index (χ1) is 15.9. The number of nitrogens with zero attached hydrogens (tertiary/aromatic N) is 1. The number of amides is 3. The van der Waals surface area contributed by atoms with Crippen molar-refractivity contribution in [1.82, 2.24) is 15.5 Å². The molecule has 176 valence electrons. The van der Waals surface area contributed by atoms with E-state index in [1.165, 1.54) is 36.8 Å². The number of rotatable bonds is 6. The van der Waals surface area contributed by atoms with Crippen LogP contribution in [0.2, 0.25) is 0 Å². The van der Waals surface area contributed by atoms with Crippen molar-refractivity contribution >= 4 is 17.7 Å². The molecular weight excluding hydrogens is 414 g/mol.